The molecular weight excluding hydrogens is 521 g/mol. The number of fused-ring (bicyclic) bond motifs is 4. The van der Waals surface area contributed by atoms with Crippen molar-refractivity contribution in [3.8, 4) is 33.8 Å². The van der Waals surface area contributed by atoms with Gasteiger partial charge in [-0.1, -0.05) is 103 Å². The molecule has 0 radical (unpaired) electrons. The third kappa shape index (κ3) is 3.60. The smallest absolute Gasteiger partial charge is 0.178 e. The average molecular weight is 546 g/mol. The molecule has 0 spiro atoms. The molecule has 1 atom stereocenters. The molecule has 0 bridgehead atoms. The van der Waals surface area contributed by atoms with Gasteiger partial charge < -0.3 is 9.30 Å². The van der Waals surface area contributed by atoms with Crippen molar-refractivity contribution in [2.24, 2.45) is 0 Å². The molecule has 3 nitrogen and oxygen atoms in total. The minimum Gasteiger partial charge on any atom is -0.456 e. The van der Waals surface area contributed by atoms with Crippen LogP contribution >= 0.6 is 7.14 Å². The second kappa shape index (κ2) is 9.30. The quantitative estimate of drug-likeness (QED) is 0.165. The molecule has 6 aromatic carbocycles. The molecule has 1 aromatic heterocycles. The van der Waals surface area contributed by atoms with E-state index in [0.717, 1.165) is 54.1 Å². The molecule has 0 saturated heterocycles. The molecule has 0 N–H and O–H groups in total. The number of aromatic nitrogens is 1. The van der Waals surface area contributed by atoms with Gasteiger partial charge in [-0.05, 0) is 68.6 Å². The lowest BCUT2D eigenvalue weighted by molar-refractivity contribution is 0.485. The van der Waals surface area contributed by atoms with E-state index in [2.05, 4.69) is 71.7 Å². The maximum absolute atomic E-state index is 15.1. The molecule has 0 aliphatic carbocycles. The van der Waals surface area contributed by atoms with Crippen molar-refractivity contribution < 1.29 is 9.30 Å². The number of nitrogens with zero attached hydrogens (tertiary/aromatic N) is 1. The summed E-state index contributed by atoms with van der Waals surface area (Å²) in [5, 5.41) is 6.89. The van der Waals surface area contributed by atoms with E-state index in [0.29, 0.717) is 11.5 Å². The molecule has 194 valence electrons. The fraction of sp³-hybridized carbons (Fsp3) is 0. The van der Waals surface area contributed by atoms with Gasteiger partial charge in [0.05, 0.1) is 10.6 Å². The van der Waals surface area contributed by atoms with Crippen molar-refractivity contribution >= 4 is 44.6 Å². The van der Waals surface area contributed by atoms with Gasteiger partial charge in [0, 0.05) is 23.3 Å². The van der Waals surface area contributed by atoms with Crippen LogP contribution < -0.4 is 20.7 Å². The average Bonchev–Trinajstić information content (AvgIpc) is 3.04. The third-order valence-electron chi connectivity index (χ3n) is 8.01. The first-order valence-electron chi connectivity index (χ1n) is 13.7. The molecule has 1 unspecified atom stereocenters. The lowest BCUT2D eigenvalue weighted by Crippen LogP contribution is -2.30. The Kier molecular flexibility index (Phi) is 5.41. The summed E-state index contributed by atoms with van der Waals surface area (Å²) in [4.78, 5) is 4.42. The van der Waals surface area contributed by atoms with E-state index in [9.17, 15) is 0 Å². The molecular formula is C37H24NO2P. The topological polar surface area (TPSA) is 39.2 Å². The van der Waals surface area contributed by atoms with E-state index < -0.39 is 7.14 Å². The van der Waals surface area contributed by atoms with Crippen LogP contribution in [0, 0.1) is 0 Å². The summed E-state index contributed by atoms with van der Waals surface area (Å²) in [6, 6.07) is 44.8. The summed E-state index contributed by atoms with van der Waals surface area (Å²) in [5.74, 6) is 1.28. The lowest BCUT2D eigenvalue weighted by atomic mass is 9.86. The van der Waals surface area contributed by atoms with Gasteiger partial charge in [0.15, 0.2) is 7.14 Å². The van der Waals surface area contributed by atoms with Crippen LogP contribution in [-0.4, -0.2) is 4.98 Å². The predicted octanol–water partition coefficient (Wildman–Crippen LogP) is 8.47. The Morgan fingerprint density at radius 2 is 1.10 bits per heavy atom. The second-order valence-electron chi connectivity index (χ2n) is 10.3. The molecule has 0 fully saturated rings. The molecule has 4 heteroatoms. The summed E-state index contributed by atoms with van der Waals surface area (Å²) in [6.45, 7) is 0. The van der Waals surface area contributed by atoms with Crippen molar-refractivity contribution in [1.29, 1.82) is 0 Å². The minimum absolute atomic E-state index is 0.637. The Balaban J connectivity index is 1.42. The Morgan fingerprint density at radius 1 is 0.512 bits per heavy atom. The van der Waals surface area contributed by atoms with E-state index in [-0.39, 0.29) is 0 Å². The van der Waals surface area contributed by atoms with Gasteiger partial charge in [0.25, 0.3) is 0 Å². The number of para-hydroxylation sites is 1. The number of hydrogen-bond donors (Lipinski definition) is 0. The highest BCUT2D eigenvalue weighted by molar-refractivity contribution is 7.85. The van der Waals surface area contributed by atoms with E-state index in [1.807, 2.05) is 79.1 Å². The molecule has 0 saturated carbocycles. The summed E-state index contributed by atoms with van der Waals surface area (Å²) >= 11 is 0. The number of ether oxygens (including phenoxy) is 1. The zero-order valence-electron chi connectivity index (χ0n) is 22.1. The van der Waals surface area contributed by atoms with Crippen LogP contribution in [0.2, 0.25) is 0 Å². The van der Waals surface area contributed by atoms with Crippen LogP contribution in [0.25, 0.3) is 43.8 Å². The van der Waals surface area contributed by atoms with Gasteiger partial charge in [-0.3, -0.25) is 4.98 Å². The monoisotopic (exact) mass is 545 g/mol. The number of benzene rings is 6. The Bertz CT molecular complexity index is 2100. The van der Waals surface area contributed by atoms with E-state index in [1.54, 1.807) is 0 Å². The zero-order chi connectivity index (χ0) is 27.4. The number of pyridine rings is 1. The molecule has 1 aliphatic rings. The first kappa shape index (κ1) is 23.9. The number of hydrogen-bond acceptors (Lipinski definition) is 3. The van der Waals surface area contributed by atoms with E-state index in [4.69, 9.17) is 4.74 Å². The summed E-state index contributed by atoms with van der Waals surface area (Å²) < 4.78 is 21.6. The summed E-state index contributed by atoms with van der Waals surface area (Å²) in [5.41, 5.74) is 4.40. The van der Waals surface area contributed by atoms with Crippen LogP contribution in [0.3, 0.4) is 0 Å². The van der Waals surface area contributed by atoms with Crippen LogP contribution in [0.1, 0.15) is 0 Å². The largest absolute Gasteiger partial charge is 0.456 e. The van der Waals surface area contributed by atoms with Crippen molar-refractivity contribution in [2.45, 2.75) is 0 Å². The summed E-state index contributed by atoms with van der Waals surface area (Å²) in [6.07, 6.45) is 3.74. The minimum atomic E-state index is -3.13. The Labute approximate surface area is 238 Å². The van der Waals surface area contributed by atoms with Crippen molar-refractivity contribution in [1.82, 2.24) is 4.98 Å². The van der Waals surface area contributed by atoms with Gasteiger partial charge in [-0.25, -0.2) is 0 Å². The van der Waals surface area contributed by atoms with Crippen molar-refractivity contribution in [2.75, 3.05) is 0 Å². The maximum atomic E-state index is 15.1. The van der Waals surface area contributed by atoms with Gasteiger partial charge >= 0.3 is 0 Å². The van der Waals surface area contributed by atoms with Crippen molar-refractivity contribution in [3.63, 3.8) is 0 Å². The Hall–Kier alpha value is -4.98. The lowest BCUT2D eigenvalue weighted by Gasteiger charge is -2.29. The maximum Gasteiger partial charge on any atom is 0.178 e. The summed E-state index contributed by atoms with van der Waals surface area (Å²) in [7, 11) is -3.13. The molecule has 1 aliphatic heterocycles. The van der Waals surface area contributed by atoms with Crippen molar-refractivity contribution in [3.05, 3.63) is 146 Å². The predicted molar refractivity (Wildman–Crippen MR) is 170 cm³/mol. The highest BCUT2D eigenvalue weighted by Crippen LogP contribution is 2.52. The molecule has 0 amide bonds. The van der Waals surface area contributed by atoms with Gasteiger partial charge in [-0.2, -0.15) is 0 Å². The van der Waals surface area contributed by atoms with Crippen LogP contribution in [0.15, 0.2) is 146 Å². The molecule has 7 aromatic rings. The third-order valence-corrected chi connectivity index (χ3v) is 11.1. The van der Waals surface area contributed by atoms with E-state index >= 15 is 4.57 Å². The second-order valence-corrected chi connectivity index (χ2v) is 13.0. The molecule has 41 heavy (non-hydrogen) atoms. The number of rotatable bonds is 3. The zero-order valence-corrected chi connectivity index (χ0v) is 23.0. The first-order chi connectivity index (χ1) is 20.2. The SMILES string of the molecule is O=P1(c2ccccc2)c2ccccc2Oc2cc(-c3c4ccccc4c(-c4cccnc4)c4ccccc34)ccc21. The van der Waals surface area contributed by atoms with Gasteiger partial charge in [-0.15, -0.1) is 0 Å². The van der Waals surface area contributed by atoms with Gasteiger partial charge in [0.1, 0.15) is 11.5 Å². The fourth-order valence-corrected chi connectivity index (χ4v) is 9.08. The normalized spacial score (nSPS) is 15.7. The highest BCUT2D eigenvalue weighted by Gasteiger charge is 2.39. The van der Waals surface area contributed by atoms with Gasteiger partial charge in [0.2, 0.25) is 0 Å². The van der Waals surface area contributed by atoms with Crippen LogP contribution in [0.4, 0.5) is 0 Å². The van der Waals surface area contributed by atoms with Crippen LogP contribution in [-0.2, 0) is 4.57 Å². The standard InChI is InChI=1S/C37H24NO2P/c39-41(27-12-2-1-3-13-27)34-19-9-8-18-32(34)40-33-23-25(20-21-35(33)41)36-28-14-4-6-16-30(28)37(26-11-10-22-38-24-26)31-17-7-5-15-29(31)36/h1-24H. The highest BCUT2D eigenvalue weighted by atomic mass is 31.2. The first-order valence-corrected chi connectivity index (χ1v) is 15.4. The molecule has 8 rings (SSSR count). The molecule has 2 heterocycles. The fourth-order valence-electron chi connectivity index (χ4n) is 6.24. The Morgan fingerprint density at radius 3 is 1.76 bits per heavy atom. The van der Waals surface area contributed by atoms with E-state index in [1.165, 1.54) is 5.56 Å². The van der Waals surface area contributed by atoms with Crippen LogP contribution in [0.5, 0.6) is 11.5 Å².